The van der Waals surface area contributed by atoms with Gasteiger partial charge >= 0.3 is 0 Å². The molecule has 2 aromatic rings. The molecule has 28 heavy (non-hydrogen) atoms. The van der Waals surface area contributed by atoms with E-state index in [0.29, 0.717) is 22.7 Å². The molecular weight excluding hydrogens is 356 g/mol. The molecule has 0 fully saturated rings. The number of carbonyl (C=O) groups is 3. The quantitative estimate of drug-likeness (QED) is 0.712. The average molecular weight is 380 g/mol. The first-order valence-corrected chi connectivity index (χ1v) is 9.50. The minimum Gasteiger partial charge on any atom is -0.479 e. The Morgan fingerprint density at radius 2 is 1.86 bits per heavy atom. The molecule has 0 aliphatic carbocycles. The van der Waals surface area contributed by atoms with Crippen molar-refractivity contribution in [3.05, 3.63) is 53.6 Å². The lowest BCUT2D eigenvalue weighted by Gasteiger charge is -2.23. The van der Waals surface area contributed by atoms with Crippen LogP contribution in [0.3, 0.4) is 0 Å². The van der Waals surface area contributed by atoms with Gasteiger partial charge in [-0.2, -0.15) is 0 Å². The Labute approximate surface area is 164 Å². The van der Waals surface area contributed by atoms with Crippen LogP contribution in [0.25, 0.3) is 0 Å². The highest BCUT2D eigenvalue weighted by Gasteiger charge is 2.23. The van der Waals surface area contributed by atoms with E-state index in [0.717, 1.165) is 12.8 Å². The first-order valence-electron chi connectivity index (χ1n) is 9.50. The number of ether oxygens (including phenoxy) is 1. The maximum Gasteiger partial charge on any atom is 0.265 e. The van der Waals surface area contributed by atoms with Gasteiger partial charge in [0.05, 0.1) is 5.69 Å². The predicted octanol–water partition coefficient (Wildman–Crippen LogP) is 3.96. The number of hydrogen-bond donors (Lipinski definition) is 2. The van der Waals surface area contributed by atoms with Crippen molar-refractivity contribution >= 4 is 29.0 Å². The molecule has 2 amide bonds. The summed E-state index contributed by atoms with van der Waals surface area (Å²) in [6, 6.07) is 12.6. The maximum absolute atomic E-state index is 12.3. The Hall–Kier alpha value is -3.15. The molecule has 1 aliphatic rings. The third-order valence-corrected chi connectivity index (χ3v) is 4.59. The van der Waals surface area contributed by atoms with Crippen LogP contribution in [0.2, 0.25) is 0 Å². The zero-order chi connectivity index (χ0) is 20.1. The summed E-state index contributed by atoms with van der Waals surface area (Å²) in [6.07, 6.45) is 1.73. The molecule has 2 aromatic carbocycles. The van der Waals surface area contributed by atoms with Crippen molar-refractivity contribution in [1.82, 2.24) is 0 Å². The van der Waals surface area contributed by atoms with E-state index in [-0.39, 0.29) is 30.4 Å². The molecular formula is C22H24N2O4. The number of ketones is 1. The van der Waals surface area contributed by atoms with Gasteiger partial charge in [0, 0.05) is 24.1 Å². The topological polar surface area (TPSA) is 84.5 Å². The Balaban J connectivity index is 1.53. The van der Waals surface area contributed by atoms with Gasteiger partial charge in [0.1, 0.15) is 5.75 Å². The number of carbonyl (C=O) groups excluding carboxylic acids is 3. The second-order valence-electron chi connectivity index (χ2n) is 6.88. The fourth-order valence-corrected chi connectivity index (χ4v) is 3.03. The number of benzene rings is 2. The van der Waals surface area contributed by atoms with Gasteiger partial charge in [0.15, 0.2) is 11.9 Å². The van der Waals surface area contributed by atoms with Gasteiger partial charge in [-0.05, 0) is 37.1 Å². The standard InChI is InChI=1S/C22H24N2O4/c1-3-4-15-5-7-16(8-6-15)19(25)10-12-21(26)23-17-9-11-20-18(13-17)24-22(27)14(2)28-20/h5-9,11,13-14H,3-4,10,12H2,1-2H3,(H,23,26)(H,24,27)/t14-/m0/s1. The largest absolute Gasteiger partial charge is 0.479 e. The minimum atomic E-state index is -0.546. The minimum absolute atomic E-state index is 0.0571. The van der Waals surface area contributed by atoms with Crippen LogP contribution in [0.5, 0.6) is 5.75 Å². The van der Waals surface area contributed by atoms with E-state index in [1.165, 1.54) is 5.56 Å². The van der Waals surface area contributed by atoms with Crippen LogP contribution in [0.1, 0.15) is 49.0 Å². The number of fused-ring (bicyclic) bond motifs is 1. The summed E-state index contributed by atoms with van der Waals surface area (Å²) in [7, 11) is 0. The molecule has 0 bridgehead atoms. The Morgan fingerprint density at radius 3 is 2.57 bits per heavy atom. The molecule has 6 heteroatoms. The second kappa shape index (κ2) is 8.69. The number of aryl methyl sites for hydroxylation is 1. The molecule has 1 atom stereocenters. The Morgan fingerprint density at radius 1 is 1.11 bits per heavy atom. The molecule has 1 heterocycles. The van der Waals surface area contributed by atoms with Gasteiger partial charge in [-0.25, -0.2) is 0 Å². The first-order chi connectivity index (χ1) is 13.5. The summed E-state index contributed by atoms with van der Waals surface area (Å²) >= 11 is 0. The normalized spacial score (nSPS) is 15.2. The Bertz CT molecular complexity index is 890. The van der Waals surface area contributed by atoms with Gasteiger partial charge in [-0.3, -0.25) is 14.4 Å². The summed E-state index contributed by atoms with van der Waals surface area (Å²) in [5.41, 5.74) is 2.88. The summed E-state index contributed by atoms with van der Waals surface area (Å²) in [5.74, 6) is 0.0175. The SMILES string of the molecule is CCCc1ccc(C(=O)CCC(=O)Nc2ccc3c(c2)NC(=O)[C@H](C)O3)cc1. The fourth-order valence-electron chi connectivity index (χ4n) is 3.03. The van der Waals surface area contributed by atoms with E-state index in [9.17, 15) is 14.4 Å². The lowest BCUT2D eigenvalue weighted by Crippen LogP contribution is -2.34. The number of nitrogens with one attached hydrogen (secondary N) is 2. The predicted molar refractivity (Wildman–Crippen MR) is 108 cm³/mol. The molecule has 0 radical (unpaired) electrons. The number of hydrogen-bond acceptors (Lipinski definition) is 4. The van der Waals surface area contributed by atoms with Crippen molar-refractivity contribution in [2.75, 3.05) is 10.6 Å². The van der Waals surface area contributed by atoms with Gasteiger partial charge < -0.3 is 15.4 Å². The smallest absolute Gasteiger partial charge is 0.265 e. The second-order valence-corrected chi connectivity index (χ2v) is 6.88. The molecule has 0 unspecified atom stereocenters. The van der Waals surface area contributed by atoms with Crippen molar-refractivity contribution in [2.45, 2.75) is 45.6 Å². The van der Waals surface area contributed by atoms with Crippen molar-refractivity contribution < 1.29 is 19.1 Å². The summed E-state index contributed by atoms with van der Waals surface area (Å²) in [5, 5.41) is 5.49. The monoisotopic (exact) mass is 380 g/mol. The van der Waals surface area contributed by atoms with Crippen molar-refractivity contribution in [1.29, 1.82) is 0 Å². The molecule has 3 rings (SSSR count). The number of rotatable bonds is 7. The summed E-state index contributed by atoms with van der Waals surface area (Å²) < 4.78 is 5.49. The molecule has 0 spiro atoms. The fraction of sp³-hybridized carbons (Fsp3) is 0.318. The van der Waals surface area contributed by atoms with Crippen molar-refractivity contribution in [3.8, 4) is 5.75 Å². The van der Waals surface area contributed by atoms with Gasteiger partial charge in [-0.15, -0.1) is 0 Å². The van der Waals surface area contributed by atoms with Crippen LogP contribution in [-0.2, 0) is 16.0 Å². The lowest BCUT2D eigenvalue weighted by molar-refractivity contribution is -0.122. The average Bonchev–Trinajstić information content (AvgIpc) is 2.68. The molecule has 1 aliphatic heterocycles. The van der Waals surface area contributed by atoms with Crippen LogP contribution in [0, 0.1) is 0 Å². The third kappa shape index (κ3) is 4.76. The zero-order valence-electron chi connectivity index (χ0n) is 16.1. The van der Waals surface area contributed by atoms with Crippen molar-refractivity contribution in [3.63, 3.8) is 0 Å². The third-order valence-electron chi connectivity index (χ3n) is 4.59. The maximum atomic E-state index is 12.3. The Kier molecular flexibility index (Phi) is 6.09. The molecule has 146 valence electrons. The molecule has 2 N–H and O–H groups in total. The van der Waals surface area contributed by atoms with Crippen LogP contribution in [0.4, 0.5) is 11.4 Å². The number of Topliss-reactive ketones (excluding diaryl/α,β-unsaturated/α-hetero) is 1. The molecule has 0 saturated carbocycles. The van der Waals surface area contributed by atoms with Gasteiger partial charge in [-0.1, -0.05) is 37.6 Å². The highest BCUT2D eigenvalue weighted by atomic mass is 16.5. The molecule has 0 aromatic heterocycles. The van der Waals surface area contributed by atoms with Crippen LogP contribution in [-0.4, -0.2) is 23.7 Å². The highest BCUT2D eigenvalue weighted by Crippen LogP contribution is 2.32. The van der Waals surface area contributed by atoms with E-state index in [1.807, 2.05) is 24.3 Å². The van der Waals surface area contributed by atoms with E-state index < -0.39 is 6.10 Å². The highest BCUT2D eigenvalue weighted by molar-refractivity contribution is 6.01. The first kappa shape index (κ1) is 19.6. The zero-order valence-corrected chi connectivity index (χ0v) is 16.1. The van der Waals surface area contributed by atoms with Crippen LogP contribution < -0.4 is 15.4 Å². The molecule has 0 saturated heterocycles. The van der Waals surface area contributed by atoms with Crippen LogP contribution in [0.15, 0.2) is 42.5 Å². The number of amides is 2. The van der Waals surface area contributed by atoms with Crippen molar-refractivity contribution in [2.24, 2.45) is 0 Å². The van der Waals surface area contributed by atoms with Gasteiger partial charge in [0.2, 0.25) is 5.91 Å². The summed E-state index contributed by atoms with van der Waals surface area (Å²) in [4.78, 5) is 36.2. The van der Waals surface area contributed by atoms with E-state index in [2.05, 4.69) is 17.6 Å². The lowest BCUT2D eigenvalue weighted by atomic mass is 10.0. The van der Waals surface area contributed by atoms with E-state index >= 15 is 0 Å². The van der Waals surface area contributed by atoms with Crippen LogP contribution >= 0.6 is 0 Å². The van der Waals surface area contributed by atoms with E-state index in [4.69, 9.17) is 4.74 Å². The van der Waals surface area contributed by atoms with E-state index in [1.54, 1.807) is 25.1 Å². The molecule has 6 nitrogen and oxygen atoms in total. The number of anilines is 2. The van der Waals surface area contributed by atoms with Gasteiger partial charge in [0.25, 0.3) is 5.91 Å². The summed E-state index contributed by atoms with van der Waals surface area (Å²) in [6.45, 7) is 3.78.